The normalized spacial score (nSPS) is 51.0. The van der Waals surface area contributed by atoms with Crippen molar-refractivity contribution in [2.75, 3.05) is 0 Å². The largest absolute Gasteiger partial charge is 1.00 e. The van der Waals surface area contributed by atoms with E-state index in [1.54, 1.807) is 0 Å². The van der Waals surface area contributed by atoms with Crippen molar-refractivity contribution < 1.29 is 72.6 Å². The summed E-state index contributed by atoms with van der Waals surface area (Å²) in [5, 5.41) is 20.9. The molecule has 0 radical (unpaired) electrons. The second kappa shape index (κ2) is 6.99. The van der Waals surface area contributed by atoms with Crippen LogP contribution in [0.1, 0.15) is 73.1 Å². The summed E-state index contributed by atoms with van der Waals surface area (Å²) >= 11 is 0. The SMILES string of the molecule is C[C@]12CCC(=O)C=C1CC[C@H]1[C@@H]3[C@@H]4C[C@@H]4[C@@](O)(CCC(=O)O)[C@@]3(C)CC[C@@H]12.[H-].[K+]. The molecule has 0 heterocycles. The summed E-state index contributed by atoms with van der Waals surface area (Å²) < 4.78 is 0. The second-order valence-electron chi connectivity index (χ2n) is 10.7. The van der Waals surface area contributed by atoms with Gasteiger partial charge in [0.2, 0.25) is 0 Å². The monoisotopic (exact) mass is 412 g/mol. The van der Waals surface area contributed by atoms with Crippen molar-refractivity contribution in [1.82, 2.24) is 0 Å². The molecule has 150 valence electrons. The molecule has 0 aromatic carbocycles. The van der Waals surface area contributed by atoms with Gasteiger partial charge < -0.3 is 11.6 Å². The maximum absolute atomic E-state index is 12.0. The molecule has 0 amide bonds. The Bertz CT molecular complexity index is 753. The number of fused-ring (bicyclic) bond motifs is 7. The van der Waals surface area contributed by atoms with E-state index in [9.17, 15) is 19.8 Å². The number of carboxylic acid groups (broad SMARTS) is 1. The van der Waals surface area contributed by atoms with Gasteiger partial charge in [-0.25, -0.2) is 0 Å². The zero-order valence-corrected chi connectivity index (χ0v) is 20.7. The van der Waals surface area contributed by atoms with E-state index >= 15 is 0 Å². The van der Waals surface area contributed by atoms with Crippen LogP contribution in [0.15, 0.2) is 11.6 Å². The van der Waals surface area contributed by atoms with E-state index in [1.165, 1.54) is 5.57 Å². The predicted molar refractivity (Wildman–Crippen MR) is 102 cm³/mol. The first-order valence-corrected chi connectivity index (χ1v) is 10.9. The number of rotatable bonds is 3. The van der Waals surface area contributed by atoms with Gasteiger partial charge in [0.05, 0.1) is 5.60 Å². The van der Waals surface area contributed by atoms with E-state index in [0.717, 1.165) is 38.5 Å². The fourth-order valence-electron chi connectivity index (χ4n) is 8.46. The van der Waals surface area contributed by atoms with Gasteiger partial charge in [-0.3, -0.25) is 9.59 Å². The van der Waals surface area contributed by atoms with E-state index in [-0.39, 0.29) is 70.1 Å². The van der Waals surface area contributed by atoms with Gasteiger partial charge >= 0.3 is 57.4 Å². The molecule has 0 spiro atoms. The second-order valence-corrected chi connectivity index (χ2v) is 10.7. The van der Waals surface area contributed by atoms with Crippen LogP contribution in [-0.2, 0) is 9.59 Å². The minimum atomic E-state index is -0.800. The molecule has 4 saturated carbocycles. The maximum Gasteiger partial charge on any atom is 1.00 e. The van der Waals surface area contributed by atoms with Crippen molar-refractivity contribution in [1.29, 1.82) is 0 Å². The van der Waals surface area contributed by atoms with Crippen LogP contribution < -0.4 is 51.4 Å². The fourth-order valence-corrected chi connectivity index (χ4v) is 8.46. The molecule has 2 N–H and O–H groups in total. The molecule has 5 aliphatic carbocycles. The van der Waals surface area contributed by atoms with E-state index in [4.69, 9.17) is 0 Å². The van der Waals surface area contributed by atoms with Gasteiger partial charge in [0, 0.05) is 12.8 Å². The first-order valence-electron chi connectivity index (χ1n) is 10.9. The van der Waals surface area contributed by atoms with Crippen molar-refractivity contribution >= 4 is 11.8 Å². The van der Waals surface area contributed by atoms with Crippen LogP contribution in [0.3, 0.4) is 0 Å². The summed E-state index contributed by atoms with van der Waals surface area (Å²) in [6, 6.07) is 0. The molecular weight excluding hydrogens is 379 g/mol. The molecule has 4 fully saturated rings. The Morgan fingerprint density at radius 1 is 1.18 bits per heavy atom. The zero-order valence-electron chi connectivity index (χ0n) is 18.5. The quantitative estimate of drug-likeness (QED) is 0.681. The number of carbonyl (C=O) groups excluding carboxylic acids is 1. The van der Waals surface area contributed by atoms with Gasteiger partial charge in [0.15, 0.2) is 5.78 Å². The smallest absolute Gasteiger partial charge is 1.00 e. The third kappa shape index (κ3) is 2.79. The average Bonchev–Trinajstić information content (AvgIpc) is 3.37. The molecule has 0 aromatic heterocycles. The molecule has 0 aliphatic heterocycles. The minimum Gasteiger partial charge on any atom is -1.00 e. The molecule has 5 heteroatoms. The Balaban J connectivity index is 0.00000120. The van der Waals surface area contributed by atoms with Gasteiger partial charge in [0.1, 0.15) is 0 Å². The van der Waals surface area contributed by atoms with Crippen LogP contribution in [-0.4, -0.2) is 27.6 Å². The number of aliphatic carboxylic acids is 1. The number of carbonyl (C=O) groups is 2. The molecule has 8 atom stereocenters. The van der Waals surface area contributed by atoms with E-state index in [2.05, 4.69) is 13.8 Å². The van der Waals surface area contributed by atoms with Gasteiger partial charge in [-0.1, -0.05) is 19.4 Å². The van der Waals surface area contributed by atoms with Crippen molar-refractivity contribution in [2.45, 2.75) is 77.2 Å². The molecule has 28 heavy (non-hydrogen) atoms. The molecular formula is C23H33KO4. The molecule has 0 bridgehead atoms. The fraction of sp³-hybridized carbons (Fsp3) is 0.826. The topological polar surface area (TPSA) is 74.6 Å². The third-order valence-electron chi connectivity index (χ3n) is 9.84. The average molecular weight is 413 g/mol. The Morgan fingerprint density at radius 3 is 2.64 bits per heavy atom. The number of ketones is 1. The van der Waals surface area contributed by atoms with Gasteiger partial charge in [-0.05, 0) is 91.4 Å². The molecule has 0 unspecified atom stereocenters. The van der Waals surface area contributed by atoms with E-state index in [0.29, 0.717) is 48.2 Å². The third-order valence-corrected chi connectivity index (χ3v) is 9.84. The van der Waals surface area contributed by atoms with Crippen LogP contribution in [0.25, 0.3) is 0 Å². The Labute approximate surface area is 211 Å². The van der Waals surface area contributed by atoms with Gasteiger partial charge in [-0.2, -0.15) is 0 Å². The van der Waals surface area contributed by atoms with E-state index in [1.807, 2.05) is 6.08 Å². The zero-order chi connectivity index (χ0) is 19.2. The van der Waals surface area contributed by atoms with Crippen molar-refractivity contribution in [3.05, 3.63) is 11.6 Å². The molecule has 5 rings (SSSR count). The van der Waals surface area contributed by atoms with Gasteiger partial charge in [-0.15, -0.1) is 0 Å². The number of carboxylic acids is 1. The van der Waals surface area contributed by atoms with Crippen LogP contribution in [0.4, 0.5) is 0 Å². The Kier molecular flexibility index (Phi) is 5.42. The molecule has 5 aliphatic rings. The summed E-state index contributed by atoms with van der Waals surface area (Å²) in [5.41, 5.74) is 0.601. The van der Waals surface area contributed by atoms with Crippen LogP contribution in [0, 0.1) is 40.4 Å². The Morgan fingerprint density at radius 2 is 1.93 bits per heavy atom. The molecule has 0 saturated heterocycles. The minimum absolute atomic E-state index is 0. The van der Waals surface area contributed by atoms with Crippen molar-refractivity contribution in [3.63, 3.8) is 0 Å². The summed E-state index contributed by atoms with van der Waals surface area (Å²) in [4.78, 5) is 23.2. The van der Waals surface area contributed by atoms with Crippen LogP contribution in [0.5, 0.6) is 0 Å². The van der Waals surface area contributed by atoms with Gasteiger partial charge in [0.25, 0.3) is 0 Å². The molecule has 4 nitrogen and oxygen atoms in total. The summed E-state index contributed by atoms with van der Waals surface area (Å²) in [6.07, 6.45) is 9.45. The van der Waals surface area contributed by atoms with E-state index < -0.39 is 11.6 Å². The van der Waals surface area contributed by atoms with Crippen LogP contribution in [0.2, 0.25) is 0 Å². The number of hydrogen-bond donors (Lipinski definition) is 2. The number of allylic oxidation sites excluding steroid dienone is 1. The summed E-state index contributed by atoms with van der Waals surface area (Å²) in [5.74, 6) is 2.15. The predicted octanol–water partition coefficient (Wildman–Crippen LogP) is 1.09. The first kappa shape index (κ1) is 21.7. The number of aliphatic hydroxyl groups is 1. The standard InChI is InChI=1S/C23H32O4.K.H/c1-21-8-5-14(24)11-13(21)3-4-15-17(21)6-9-22(2)20(15)16-12-18(16)23(22,27)10-7-19(25)26;;/h11,15-18,20,27H,3-10,12H2,1-2H3,(H,25,26);;/q;+1;-1/t15-,16-,17+,18+,20-,21+,22+,23+;;/m1../s1. The summed E-state index contributed by atoms with van der Waals surface area (Å²) in [6.45, 7) is 4.65. The number of hydrogen-bond acceptors (Lipinski definition) is 3. The summed E-state index contributed by atoms with van der Waals surface area (Å²) in [7, 11) is 0. The first-order chi connectivity index (χ1) is 12.7. The van der Waals surface area contributed by atoms with Crippen molar-refractivity contribution in [3.8, 4) is 0 Å². The van der Waals surface area contributed by atoms with Crippen LogP contribution >= 0.6 is 0 Å². The van der Waals surface area contributed by atoms with Crippen molar-refractivity contribution in [2.24, 2.45) is 40.4 Å². The molecule has 0 aromatic rings. The maximum atomic E-state index is 12.0. The Hall–Kier alpha value is 0.476.